The summed E-state index contributed by atoms with van der Waals surface area (Å²) in [5.74, 6) is 1.08. The number of aryl methyl sites for hydroxylation is 3. The van der Waals surface area contributed by atoms with Gasteiger partial charge in [0.25, 0.3) is 0 Å². The maximum Gasteiger partial charge on any atom is 0.226 e. The summed E-state index contributed by atoms with van der Waals surface area (Å²) in [6.45, 7) is 6.61. The minimum Gasteiger partial charge on any atom is -0.352 e. The van der Waals surface area contributed by atoms with Crippen molar-refractivity contribution in [2.75, 3.05) is 0 Å². The Kier molecular flexibility index (Phi) is 5.95. The van der Waals surface area contributed by atoms with Crippen molar-refractivity contribution in [1.29, 1.82) is 0 Å². The number of nitrogens with one attached hydrogen (secondary N) is 1. The molecule has 0 unspecified atom stereocenters. The topological polar surface area (TPSA) is 98.7 Å². The molecule has 27 heavy (non-hydrogen) atoms. The molecule has 0 aliphatic carbocycles. The van der Waals surface area contributed by atoms with Gasteiger partial charge in [-0.3, -0.25) is 14.5 Å². The summed E-state index contributed by atoms with van der Waals surface area (Å²) in [6.07, 6.45) is 4.99. The highest BCUT2D eigenvalue weighted by molar-refractivity contribution is 5.76. The van der Waals surface area contributed by atoms with Crippen LogP contribution in [-0.4, -0.2) is 36.9 Å². The van der Waals surface area contributed by atoms with E-state index in [2.05, 4.69) is 25.5 Å². The zero-order valence-corrected chi connectivity index (χ0v) is 15.8. The van der Waals surface area contributed by atoms with Crippen molar-refractivity contribution >= 4 is 5.91 Å². The van der Waals surface area contributed by atoms with Crippen LogP contribution in [0.5, 0.6) is 0 Å². The van der Waals surface area contributed by atoms with Crippen molar-refractivity contribution in [3.8, 4) is 11.4 Å². The fourth-order valence-electron chi connectivity index (χ4n) is 2.89. The van der Waals surface area contributed by atoms with E-state index in [9.17, 15) is 4.79 Å². The van der Waals surface area contributed by atoms with Crippen LogP contribution in [0.2, 0.25) is 0 Å². The summed E-state index contributed by atoms with van der Waals surface area (Å²) >= 11 is 0. The van der Waals surface area contributed by atoms with Gasteiger partial charge in [0.05, 0.1) is 12.2 Å². The van der Waals surface area contributed by atoms with Crippen LogP contribution in [0.15, 0.2) is 35.1 Å². The Hall–Kier alpha value is -3.03. The monoisotopic (exact) mass is 368 g/mol. The van der Waals surface area contributed by atoms with E-state index < -0.39 is 0 Å². The summed E-state index contributed by atoms with van der Waals surface area (Å²) in [5, 5.41) is 11.4. The molecule has 0 aliphatic heterocycles. The summed E-state index contributed by atoms with van der Waals surface area (Å²) in [7, 11) is 0. The SMILES string of the molecule is Cc1cc(C)n(C[C@@H](C)NC(=O)CCCc2nc(-c3ccncc3)no2)n1. The molecule has 3 aromatic heterocycles. The van der Waals surface area contributed by atoms with Gasteiger partial charge in [-0.1, -0.05) is 5.16 Å². The van der Waals surface area contributed by atoms with E-state index in [1.807, 2.05) is 43.7 Å². The van der Waals surface area contributed by atoms with Gasteiger partial charge in [-0.2, -0.15) is 10.1 Å². The van der Waals surface area contributed by atoms with E-state index in [1.165, 1.54) is 0 Å². The van der Waals surface area contributed by atoms with E-state index in [0.29, 0.717) is 37.5 Å². The van der Waals surface area contributed by atoms with E-state index in [0.717, 1.165) is 17.0 Å². The Morgan fingerprint density at radius 2 is 2.07 bits per heavy atom. The molecule has 0 radical (unpaired) electrons. The molecule has 8 nitrogen and oxygen atoms in total. The molecule has 0 aliphatic rings. The molecule has 3 heterocycles. The summed E-state index contributed by atoms with van der Waals surface area (Å²) in [5.41, 5.74) is 2.93. The molecule has 3 aromatic rings. The van der Waals surface area contributed by atoms with Crippen LogP contribution in [0.4, 0.5) is 0 Å². The maximum absolute atomic E-state index is 12.1. The second kappa shape index (κ2) is 8.57. The third kappa shape index (κ3) is 5.22. The van der Waals surface area contributed by atoms with Crippen molar-refractivity contribution in [3.05, 3.63) is 47.9 Å². The molecule has 1 N–H and O–H groups in total. The van der Waals surface area contributed by atoms with Gasteiger partial charge in [-0.15, -0.1) is 0 Å². The van der Waals surface area contributed by atoms with Crippen LogP contribution >= 0.6 is 0 Å². The van der Waals surface area contributed by atoms with Gasteiger partial charge in [0.2, 0.25) is 17.6 Å². The summed E-state index contributed by atoms with van der Waals surface area (Å²) < 4.78 is 7.17. The first-order valence-electron chi connectivity index (χ1n) is 9.04. The summed E-state index contributed by atoms with van der Waals surface area (Å²) in [4.78, 5) is 20.5. The third-order valence-electron chi connectivity index (χ3n) is 4.16. The molecule has 1 amide bonds. The van der Waals surface area contributed by atoms with E-state index in [1.54, 1.807) is 12.4 Å². The Labute approximate surface area is 158 Å². The number of carbonyl (C=O) groups is 1. The highest BCUT2D eigenvalue weighted by Gasteiger charge is 2.12. The molecular formula is C19H24N6O2. The lowest BCUT2D eigenvalue weighted by Gasteiger charge is -2.15. The predicted molar refractivity (Wildman–Crippen MR) is 99.8 cm³/mol. The lowest BCUT2D eigenvalue weighted by molar-refractivity contribution is -0.121. The number of aromatic nitrogens is 5. The fraction of sp³-hybridized carbons (Fsp3) is 0.421. The second-order valence-corrected chi connectivity index (χ2v) is 6.68. The zero-order chi connectivity index (χ0) is 19.2. The van der Waals surface area contributed by atoms with Crippen LogP contribution < -0.4 is 5.32 Å². The molecule has 0 spiro atoms. The first-order valence-corrected chi connectivity index (χ1v) is 9.04. The highest BCUT2D eigenvalue weighted by atomic mass is 16.5. The molecule has 0 aromatic carbocycles. The van der Waals surface area contributed by atoms with Gasteiger partial charge in [0.15, 0.2) is 0 Å². The minimum atomic E-state index is 0.0113. The highest BCUT2D eigenvalue weighted by Crippen LogP contribution is 2.15. The summed E-state index contributed by atoms with van der Waals surface area (Å²) in [6, 6.07) is 5.69. The normalized spacial score (nSPS) is 12.1. The second-order valence-electron chi connectivity index (χ2n) is 6.68. The number of hydrogen-bond acceptors (Lipinski definition) is 6. The minimum absolute atomic E-state index is 0.0113. The number of carbonyl (C=O) groups excluding carboxylic acids is 1. The Bertz CT molecular complexity index is 887. The van der Waals surface area contributed by atoms with Crippen LogP contribution in [0, 0.1) is 13.8 Å². The van der Waals surface area contributed by atoms with Crippen molar-refractivity contribution < 1.29 is 9.32 Å². The first kappa shape index (κ1) is 18.8. The van der Waals surface area contributed by atoms with Gasteiger partial charge in [0, 0.05) is 42.5 Å². The molecular weight excluding hydrogens is 344 g/mol. The number of pyridine rings is 1. The molecule has 142 valence electrons. The predicted octanol–water partition coefficient (Wildman–Crippen LogP) is 2.47. The van der Waals surface area contributed by atoms with Crippen molar-refractivity contribution in [2.45, 2.75) is 52.6 Å². The molecule has 0 fully saturated rings. The van der Waals surface area contributed by atoms with E-state index in [-0.39, 0.29) is 11.9 Å². The third-order valence-corrected chi connectivity index (χ3v) is 4.16. The van der Waals surface area contributed by atoms with Gasteiger partial charge in [0.1, 0.15) is 0 Å². The zero-order valence-electron chi connectivity index (χ0n) is 15.8. The van der Waals surface area contributed by atoms with Crippen LogP contribution in [-0.2, 0) is 17.8 Å². The lowest BCUT2D eigenvalue weighted by atomic mass is 10.2. The van der Waals surface area contributed by atoms with Gasteiger partial charge < -0.3 is 9.84 Å². The average molecular weight is 368 g/mol. The quantitative estimate of drug-likeness (QED) is 0.656. The Morgan fingerprint density at radius 3 is 2.78 bits per heavy atom. The Balaban J connectivity index is 1.42. The van der Waals surface area contributed by atoms with Crippen molar-refractivity contribution in [2.24, 2.45) is 0 Å². The van der Waals surface area contributed by atoms with Gasteiger partial charge in [-0.05, 0) is 45.4 Å². The largest absolute Gasteiger partial charge is 0.352 e. The number of hydrogen-bond donors (Lipinski definition) is 1. The first-order chi connectivity index (χ1) is 13.0. The number of nitrogens with zero attached hydrogens (tertiary/aromatic N) is 5. The van der Waals surface area contributed by atoms with Gasteiger partial charge >= 0.3 is 0 Å². The van der Waals surface area contributed by atoms with Crippen molar-refractivity contribution in [3.63, 3.8) is 0 Å². The molecule has 8 heteroatoms. The molecule has 1 atom stereocenters. The van der Waals surface area contributed by atoms with Crippen LogP contribution in [0.1, 0.15) is 37.0 Å². The van der Waals surface area contributed by atoms with E-state index >= 15 is 0 Å². The van der Waals surface area contributed by atoms with Crippen molar-refractivity contribution in [1.82, 2.24) is 30.2 Å². The van der Waals surface area contributed by atoms with Gasteiger partial charge in [-0.25, -0.2) is 0 Å². The van der Waals surface area contributed by atoms with E-state index in [4.69, 9.17) is 4.52 Å². The fourth-order valence-corrected chi connectivity index (χ4v) is 2.89. The van der Waals surface area contributed by atoms with Crippen LogP contribution in [0.3, 0.4) is 0 Å². The average Bonchev–Trinajstić information content (AvgIpc) is 3.22. The molecule has 3 rings (SSSR count). The Morgan fingerprint density at radius 1 is 1.30 bits per heavy atom. The maximum atomic E-state index is 12.1. The van der Waals surface area contributed by atoms with Crippen LogP contribution in [0.25, 0.3) is 11.4 Å². The molecule has 0 bridgehead atoms. The number of amides is 1. The number of rotatable bonds is 8. The standard InChI is InChI=1S/C19H24N6O2/c1-13-11-15(3)25(23-13)12-14(2)21-17(26)5-4-6-18-22-19(24-27-18)16-7-9-20-10-8-16/h7-11,14H,4-6,12H2,1-3H3,(H,21,26)/t14-/m1/s1. The molecule has 0 saturated carbocycles. The lowest BCUT2D eigenvalue weighted by Crippen LogP contribution is -2.36. The molecule has 0 saturated heterocycles. The smallest absolute Gasteiger partial charge is 0.226 e.